The van der Waals surface area contributed by atoms with Crippen molar-refractivity contribution >= 4 is 11.6 Å². The van der Waals surface area contributed by atoms with E-state index in [1.165, 1.54) is 6.07 Å². The molecule has 0 bridgehead atoms. The summed E-state index contributed by atoms with van der Waals surface area (Å²) >= 11 is 6.10. The molecule has 1 aromatic carbocycles. The molecule has 21 heavy (non-hydrogen) atoms. The zero-order chi connectivity index (χ0) is 14.8. The SMILES string of the molecule is Cn1ccnc1C1CCN(Cc2c(F)cccc2Cl)CC1. The van der Waals surface area contributed by atoms with Gasteiger partial charge in [0.1, 0.15) is 11.6 Å². The minimum atomic E-state index is -0.214. The first-order chi connectivity index (χ1) is 10.1. The van der Waals surface area contributed by atoms with Crippen LogP contribution in [-0.4, -0.2) is 27.5 Å². The molecule has 0 aliphatic carbocycles. The Balaban J connectivity index is 1.63. The Morgan fingerprint density at radius 1 is 1.33 bits per heavy atom. The molecule has 0 radical (unpaired) electrons. The van der Waals surface area contributed by atoms with Crippen LogP contribution in [0.15, 0.2) is 30.6 Å². The normalized spacial score (nSPS) is 17.3. The number of imidazole rings is 1. The van der Waals surface area contributed by atoms with Crippen LogP contribution in [0.25, 0.3) is 0 Å². The van der Waals surface area contributed by atoms with Gasteiger partial charge in [-0.1, -0.05) is 17.7 Å². The molecule has 0 atom stereocenters. The predicted molar refractivity (Wildman–Crippen MR) is 81.9 cm³/mol. The van der Waals surface area contributed by atoms with Crippen molar-refractivity contribution in [2.45, 2.75) is 25.3 Å². The minimum Gasteiger partial charge on any atom is -0.338 e. The summed E-state index contributed by atoms with van der Waals surface area (Å²) in [4.78, 5) is 6.71. The second-order valence-electron chi connectivity index (χ2n) is 5.65. The van der Waals surface area contributed by atoms with E-state index in [1.807, 2.05) is 19.4 Å². The van der Waals surface area contributed by atoms with Crippen LogP contribution >= 0.6 is 11.6 Å². The molecular weight excluding hydrogens is 289 g/mol. The fourth-order valence-electron chi connectivity index (χ4n) is 3.03. The molecule has 3 rings (SSSR count). The molecule has 0 unspecified atom stereocenters. The summed E-state index contributed by atoms with van der Waals surface area (Å²) in [6.45, 7) is 2.48. The van der Waals surface area contributed by atoms with Gasteiger partial charge < -0.3 is 4.57 Å². The van der Waals surface area contributed by atoms with Crippen molar-refractivity contribution in [1.29, 1.82) is 0 Å². The second kappa shape index (κ2) is 6.16. The molecule has 0 N–H and O–H groups in total. The summed E-state index contributed by atoms with van der Waals surface area (Å²) in [5.74, 6) is 1.43. The summed E-state index contributed by atoms with van der Waals surface area (Å²) < 4.78 is 15.9. The third-order valence-corrected chi connectivity index (χ3v) is 4.61. The van der Waals surface area contributed by atoms with E-state index in [0.717, 1.165) is 31.8 Å². The number of benzene rings is 1. The first-order valence-corrected chi connectivity index (χ1v) is 7.65. The molecule has 5 heteroatoms. The van der Waals surface area contributed by atoms with Gasteiger partial charge in [0.25, 0.3) is 0 Å². The molecule has 1 aliphatic rings. The van der Waals surface area contributed by atoms with E-state index >= 15 is 0 Å². The molecule has 0 amide bonds. The number of rotatable bonds is 3. The molecule has 3 nitrogen and oxygen atoms in total. The zero-order valence-corrected chi connectivity index (χ0v) is 12.9. The minimum absolute atomic E-state index is 0.214. The standard InChI is InChI=1S/C16H19ClFN3/c1-20-10-7-19-16(20)12-5-8-21(9-6-12)11-13-14(17)3-2-4-15(13)18/h2-4,7,10,12H,5-6,8-9,11H2,1H3. The topological polar surface area (TPSA) is 21.1 Å². The van der Waals surface area contributed by atoms with E-state index in [2.05, 4.69) is 14.5 Å². The molecule has 0 spiro atoms. The smallest absolute Gasteiger partial charge is 0.129 e. The Hall–Kier alpha value is -1.39. The molecule has 1 aliphatic heterocycles. The van der Waals surface area contributed by atoms with Crippen molar-refractivity contribution in [2.75, 3.05) is 13.1 Å². The zero-order valence-electron chi connectivity index (χ0n) is 12.1. The molecule has 112 valence electrons. The Kier molecular flexibility index (Phi) is 4.27. The summed E-state index contributed by atoms with van der Waals surface area (Å²) in [6, 6.07) is 4.87. The van der Waals surface area contributed by atoms with Gasteiger partial charge in [0, 0.05) is 42.5 Å². The van der Waals surface area contributed by atoms with Crippen LogP contribution in [0.5, 0.6) is 0 Å². The molecule has 1 saturated heterocycles. The molecule has 1 aromatic heterocycles. The second-order valence-corrected chi connectivity index (χ2v) is 6.05. The lowest BCUT2D eigenvalue weighted by Gasteiger charge is -2.31. The largest absolute Gasteiger partial charge is 0.338 e. The van der Waals surface area contributed by atoms with Crippen molar-refractivity contribution < 1.29 is 4.39 Å². The van der Waals surface area contributed by atoms with Crippen molar-refractivity contribution in [2.24, 2.45) is 7.05 Å². The van der Waals surface area contributed by atoms with Gasteiger partial charge >= 0.3 is 0 Å². The fraction of sp³-hybridized carbons (Fsp3) is 0.438. The predicted octanol–water partition coefficient (Wildman–Crippen LogP) is 3.59. The first kappa shape index (κ1) is 14.5. The van der Waals surface area contributed by atoms with Crippen LogP contribution in [0, 0.1) is 5.82 Å². The number of aryl methyl sites for hydroxylation is 1. The number of nitrogens with zero attached hydrogens (tertiary/aromatic N) is 3. The third-order valence-electron chi connectivity index (χ3n) is 4.25. The van der Waals surface area contributed by atoms with Gasteiger partial charge in [-0.2, -0.15) is 0 Å². The van der Waals surface area contributed by atoms with Crippen molar-refractivity contribution in [3.05, 3.63) is 52.8 Å². The van der Waals surface area contributed by atoms with Crippen LogP contribution in [0.3, 0.4) is 0 Å². The lowest BCUT2D eigenvalue weighted by atomic mass is 9.95. The first-order valence-electron chi connectivity index (χ1n) is 7.27. The van der Waals surface area contributed by atoms with Crippen LogP contribution in [-0.2, 0) is 13.6 Å². The molecule has 0 saturated carbocycles. The summed E-state index contributed by atoms with van der Waals surface area (Å²) in [6.07, 6.45) is 5.94. The highest BCUT2D eigenvalue weighted by atomic mass is 35.5. The molecule has 1 fully saturated rings. The van der Waals surface area contributed by atoms with Crippen LogP contribution in [0.1, 0.15) is 30.1 Å². The maximum atomic E-state index is 13.8. The number of hydrogen-bond donors (Lipinski definition) is 0. The van der Waals surface area contributed by atoms with Crippen LogP contribution in [0.2, 0.25) is 5.02 Å². The van der Waals surface area contributed by atoms with Crippen LogP contribution < -0.4 is 0 Å². The van der Waals surface area contributed by atoms with E-state index in [9.17, 15) is 4.39 Å². The number of halogens is 2. The van der Waals surface area contributed by atoms with E-state index in [4.69, 9.17) is 11.6 Å². The molecular formula is C16H19ClFN3. The summed E-state index contributed by atoms with van der Waals surface area (Å²) in [5.41, 5.74) is 0.606. The van der Waals surface area contributed by atoms with Gasteiger partial charge in [-0.05, 0) is 38.1 Å². The van der Waals surface area contributed by atoms with Gasteiger partial charge in [-0.15, -0.1) is 0 Å². The number of aromatic nitrogens is 2. The maximum absolute atomic E-state index is 13.8. The summed E-state index contributed by atoms with van der Waals surface area (Å²) in [7, 11) is 2.04. The lowest BCUT2D eigenvalue weighted by Crippen LogP contribution is -2.33. The lowest BCUT2D eigenvalue weighted by molar-refractivity contribution is 0.198. The Labute approximate surface area is 129 Å². The highest BCUT2D eigenvalue weighted by molar-refractivity contribution is 6.31. The Bertz CT molecular complexity index is 597. The van der Waals surface area contributed by atoms with Crippen molar-refractivity contribution in [1.82, 2.24) is 14.5 Å². The van der Waals surface area contributed by atoms with E-state index in [-0.39, 0.29) is 5.82 Å². The van der Waals surface area contributed by atoms with E-state index < -0.39 is 0 Å². The monoisotopic (exact) mass is 307 g/mol. The van der Waals surface area contributed by atoms with Gasteiger partial charge in [0.15, 0.2) is 0 Å². The number of piperidine rings is 1. The Morgan fingerprint density at radius 3 is 2.71 bits per heavy atom. The van der Waals surface area contributed by atoms with Gasteiger partial charge in [-0.25, -0.2) is 9.37 Å². The van der Waals surface area contributed by atoms with E-state index in [0.29, 0.717) is 23.0 Å². The van der Waals surface area contributed by atoms with Crippen LogP contribution in [0.4, 0.5) is 4.39 Å². The van der Waals surface area contributed by atoms with E-state index in [1.54, 1.807) is 12.1 Å². The third kappa shape index (κ3) is 3.11. The van der Waals surface area contributed by atoms with Gasteiger partial charge in [0.2, 0.25) is 0 Å². The molecule has 2 aromatic rings. The quantitative estimate of drug-likeness (QED) is 0.864. The number of likely N-dealkylation sites (tertiary alicyclic amines) is 1. The highest BCUT2D eigenvalue weighted by Gasteiger charge is 2.24. The maximum Gasteiger partial charge on any atom is 0.129 e. The van der Waals surface area contributed by atoms with Crippen molar-refractivity contribution in [3.8, 4) is 0 Å². The van der Waals surface area contributed by atoms with Gasteiger partial charge in [-0.3, -0.25) is 4.90 Å². The van der Waals surface area contributed by atoms with Gasteiger partial charge in [0.05, 0.1) is 0 Å². The average molecular weight is 308 g/mol. The number of hydrogen-bond acceptors (Lipinski definition) is 2. The molecule has 2 heterocycles. The average Bonchev–Trinajstić information content (AvgIpc) is 2.90. The fourth-order valence-corrected chi connectivity index (χ4v) is 3.25. The highest BCUT2D eigenvalue weighted by Crippen LogP contribution is 2.28. The van der Waals surface area contributed by atoms with Crippen molar-refractivity contribution in [3.63, 3.8) is 0 Å². The Morgan fingerprint density at radius 2 is 2.10 bits per heavy atom. The summed E-state index contributed by atoms with van der Waals surface area (Å²) in [5, 5.41) is 0.515.